The average molecular weight is 323 g/mol. The number of aromatic nitrogens is 2. The van der Waals surface area contributed by atoms with Gasteiger partial charge in [0.1, 0.15) is 11.6 Å². The summed E-state index contributed by atoms with van der Waals surface area (Å²) in [4.78, 5) is 16.3. The molecule has 3 rings (SSSR count). The molecule has 1 saturated carbocycles. The van der Waals surface area contributed by atoms with E-state index in [1.165, 1.54) is 0 Å². The van der Waals surface area contributed by atoms with Crippen molar-refractivity contribution in [3.05, 3.63) is 24.1 Å². The molecule has 2 aliphatic rings. The highest BCUT2D eigenvalue weighted by atomic mass is 19.1. The maximum absolute atomic E-state index is 13.2. The molecular weight excluding hydrogens is 301 g/mol. The van der Waals surface area contributed by atoms with Crippen LogP contribution >= 0.6 is 0 Å². The Balaban J connectivity index is 1.87. The lowest BCUT2D eigenvalue weighted by molar-refractivity contribution is -0.121. The lowest BCUT2D eigenvalue weighted by Gasteiger charge is -2.30. The Hall–Kier alpha value is -1.76. The average Bonchev–Trinajstić information content (AvgIpc) is 3.16. The summed E-state index contributed by atoms with van der Waals surface area (Å²) in [5.41, 5.74) is -0.789. The van der Waals surface area contributed by atoms with Gasteiger partial charge in [-0.15, -0.1) is 0 Å². The van der Waals surface area contributed by atoms with E-state index in [2.05, 4.69) is 22.0 Å². The standard InChI is InChI=1S/C16H22FN3O3/c1-11(17)13(21)19-16(8-4-2-3-5-9-16)15-18-14(23-20-15)12-7-6-10-22-12/h12H,1-10H2,(H,19,21). The lowest BCUT2D eigenvalue weighted by Crippen LogP contribution is -2.46. The van der Waals surface area contributed by atoms with Crippen LogP contribution in [-0.4, -0.2) is 22.7 Å². The predicted molar refractivity (Wildman–Crippen MR) is 80.0 cm³/mol. The SMILES string of the molecule is C=C(F)C(=O)NC1(c2noc(C3CCCO3)n2)CCCCCC1. The van der Waals surface area contributed by atoms with Crippen molar-refractivity contribution in [1.82, 2.24) is 15.5 Å². The van der Waals surface area contributed by atoms with Crippen LogP contribution < -0.4 is 5.32 Å². The molecule has 23 heavy (non-hydrogen) atoms. The van der Waals surface area contributed by atoms with Crippen molar-refractivity contribution in [2.24, 2.45) is 0 Å². The largest absolute Gasteiger partial charge is 0.368 e. The molecule has 1 N–H and O–H groups in total. The van der Waals surface area contributed by atoms with Gasteiger partial charge in [0.2, 0.25) is 0 Å². The molecule has 0 radical (unpaired) electrons. The van der Waals surface area contributed by atoms with Crippen LogP contribution in [0.25, 0.3) is 0 Å². The van der Waals surface area contributed by atoms with Crippen LogP contribution in [0, 0.1) is 0 Å². The van der Waals surface area contributed by atoms with Gasteiger partial charge >= 0.3 is 0 Å². The van der Waals surface area contributed by atoms with Crippen molar-refractivity contribution in [2.45, 2.75) is 63.0 Å². The Labute approximate surface area is 134 Å². The summed E-state index contributed by atoms with van der Waals surface area (Å²) in [6.07, 6.45) is 6.95. The van der Waals surface area contributed by atoms with Crippen molar-refractivity contribution in [2.75, 3.05) is 6.61 Å². The summed E-state index contributed by atoms with van der Waals surface area (Å²) in [5, 5.41) is 6.83. The van der Waals surface area contributed by atoms with Crippen LogP contribution in [0.4, 0.5) is 4.39 Å². The molecule has 0 spiro atoms. The zero-order valence-electron chi connectivity index (χ0n) is 13.1. The van der Waals surface area contributed by atoms with E-state index in [-0.39, 0.29) is 6.10 Å². The van der Waals surface area contributed by atoms with E-state index in [0.29, 0.717) is 31.2 Å². The van der Waals surface area contributed by atoms with E-state index in [1.807, 2.05) is 0 Å². The number of hydrogen-bond acceptors (Lipinski definition) is 5. The van der Waals surface area contributed by atoms with E-state index in [9.17, 15) is 9.18 Å². The Morgan fingerprint density at radius 2 is 2.00 bits per heavy atom. The summed E-state index contributed by atoms with van der Waals surface area (Å²) < 4.78 is 24.1. The van der Waals surface area contributed by atoms with Crippen LogP contribution in [0.1, 0.15) is 69.2 Å². The Bertz CT molecular complexity index is 573. The second-order valence-electron chi connectivity index (χ2n) is 6.31. The smallest absolute Gasteiger partial charge is 0.280 e. The minimum absolute atomic E-state index is 0.175. The summed E-state index contributed by atoms with van der Waals surface area (Å²) in [6, 6.07) is 0. The van der Waals surface area contributed by atoms with Gasteiger partial charge < -0.3 is 14.6 Å². The molecule has 6 nitrogen and oxygen atoms in total. The highest BCUT2D eigenvalue weighted by molar-refractivity contribution is 5.91. The van der Waals surface area contributed by atoms with Gasteiger partial charge in [-0.2, -0.15) is 4.98 Å². The summed E-state index contributed by atoms with van der Waals surface area (Å²) in [5.74, 6) is -0.958. The maximum Gasteiger partial charge on any atom is 0.280 e. The second kappa shape index (κ2) is 6.78. The van der Waals surface area contributed by atoms with Gasteiger partial charge in [0.05, 0.1) is 0 Å². The third kappa shape index (κ3) is 3.44. The summed E-state index contributed by atoms with van der Waals surface area (Å²) >= 11 is 0. The molecule has 1 aliphatic heterocycles. The van der Waals surface area contributed by atoms with Crippen molar-refractivity contribution in [3.8, 4) is 0 Å². The Morgan fingerprint density at radius 3 is 2.61 bits per heavy atom. The highest BCUT2D eigenvalue weighted by Crippen LogP contribution is 2.36. The molecule has 7 heteroatoms. The first-order chi connectivity index (χ1) is 11.1. The predicted octanol–water partition coefficient (Wildman–Crippen LogP) is 3.07. The van der Waals surface area contributed by atoms with Gasteiger partial charge in [0.15, 0.2) is 11.7 Å². The fraction of sp³-hybridized carbons (Fsp3) is 0.688. The summed E-state index contributed by atoms with van der Waals surface area (Å²) in [6.45, 7) is 3.76. The maximum atomic E-state index is 13.2. The Kier molecular flexibility index (Phi) is 4.75. The fourth-order valence-corrected chi connectivity index (χ4v) is 3.35. The molecule has 2 heterocycles. The lowest BCUT2D eigenvalue weighted by atomic mass is 9.89. The van der Waals surface area contributed by atoms with E-state index >= 15 is 0 Å². The normalized spacial score (nSPS) is 24.1. The molecule has 1 atom stereocenters. The number of ether oxygens (including phenoxy) is 1. The first-order valence-corrected chi connectivity index (χ1v) is 8.23. The summed E-state index contributed by atoms with van der Waals surface area (Å²) in [7, 11) is 0. The number of rotatable bonds is 4. The van der Waals surface area contributed by atoms with Crippen LogP contribution in [0.5, 0.6) is 0 Å². The number of carbonyl (C=O) groups is 1. The van der Waals surface area contributed by atoms with Gasteiger partial charge in [-0.05, 0) is 25.7 Å². The Morgan fingerprint density at radius 1 is 1.26 bits per heavy atom. The van der Waals surface area contributed by atoms with Crippen molar-refractivity contribution in [1.29, 1.82) is 0 Å². The number of carbonyl (C=O) groups excluding carboxylic acids is 1. The molecular formula is C16H22FN3O3. The molecule has 126 valence electrons. The third-order valence-electron chi connectivity index (χ3n) is 4.63. The quantitative estimate of drug-likeness (QED) is 0.680. The van der Waals surface area contributed by atoms with Crippen LogP contribution in [0.15, 0.2) is 16.9 Å². The van der Waals surface area contributed by atoms with E-state index < -0.39 is 17.3 Å². The molecule has 1 saturated heterocycles. The van der Waals surface area contributed by atoms with Crippen molar-refractivity contribution < 1.29 is 18.4 Å². The van der Waals surface area contributed by atoms with Crippen LogP contribution in [0.2, 0.25) is 0 Å². The topological polar surface area (TPSA) is 77.2 Å². The molecule has 1 amide bonds. The first-order valence-electron chi connectivity index (χ1n) is 8.23. The molecule has 0 aromatic carbocycles. The first kappa shape index (κ1) is 16.1. The van der Waals surface area contributed by atoms with Gasteiger partial charge in [0, 0.05) is 6.61 Å². The van der Waals surface area contributed by atoms with E-state index in [1.54, 1.807) is 0 Å². The molecule has 1 aliphatic carbocycles. The highest BCUT2D eigenvalue weighted by Gasteiger charge is 2.40. The second-order valence-corrected chi connectivity index (χ2v) is 6.31. The minimum Gasteiger partial charge on any atom is -0.368 e. The van der Waals surface area contributed by atoms with Gasteiger partial charge in [-0.1, -0.05) is 37.4 Å². The third-order valence-corrected chi connectivity index (χ3v) is 4.63. The number of halogens is 1. The fourth-order valence-electron chi connectivity index (χ4n) is 3.35. The molecule has 1 unspecified atom stereocenters. The van der Waals surface area contributed by atoms with Crippen LogP contribution in [0.3, 0.4) is 0 Å². The van der Waals surface area contributed by atoms with Crippen molar-refractivity contribution in [3.63, 3.8) is 0 Å². The molecule has 1 aromatic rings. The minimum atomic E-state index is -1.00. The van der Waals surface area contributed by atoms with Crippen molar-refractivity contribution >= 4 is 5.91 Å². The van der Waals surface area contributed by atoms with E-state index in [0.717, 1.165) is 38.5 Å². The zero-order chi connectivity index (χ0) is 16.3. The molecule has 2 fully saturated rings. The van der Waals surface area contributed by atoms with Gasteiger partial charge in [0.25, 0.3) is 11.8 Å². The van der Waals surface area contributed by atoms with E-state index in [4.69, 9.17) is 9.26 Å². The number of hydrogen-bond donors (Lipinski definition) is 1. The van der Waals surface area contributed by atoms with Gasteiger partial charge in [-0.3, -0.25) is 4.79 Å². The van der Waals surface area contributed by atoms with Crippen LogP contribution in [-0.2, 0) is 15.1 Å². The molecule has 0 bridgehead atoms. The van der Waals surface area contributed by atoms with Gasteiger partial charge in [-0.25, -0.2) is 4.39 Å². The monoisotopic (exact) mass is 323 g/mol. The number of nitrogens with one attached hydrogen (secondary N) is 1. The molecule has 1 aromatic heterocycles. The number of amides is 1. The zero-order valence-corrected chi connectivity index (χ0v) is 13.1. The number of nitrogens with zero attached hydrogens (tertiary/aromatic N) is 2.